The molecule has 1 saturated heterocycles. The zero-order valence-electron chi connectivity index (χ0n) is 37.3. The van der Waals surface area contributed by atoms with Crippen LogP contribution >= 0.6 is 23.1 Å². The summed E-state index contributed by atoms with van der Waals surface area (Å²) in [5.41, 5.74) is 20.1. The van der Waals surface area contributed by atoms with E-state index in [2.05, 4.69) is 25.6 Å². The first-order chi connectivity index (χ1) is 31.8. The van der Waals surface area contributed by atoms with Crippen molar-refractivity contribution in [2.24, 2.45) is 17.2 Å². The van der Waals surface area contributed by atoms with Crippen LogP contribution in [0.2, 0.25) is 0 Å². The van der Waals surface area contributed by atoms with Gasteiger partial charge in [0.15, 0.2) is 11.5 Å². The van der Waals surface area contributed by atoms with Crippen LogP contribution in [0.1, 0.15) is 84.0 Å². The maximum atomic E-state index is 15.3. The number of hydrogen-bond acceptors (Lipinski definition) is 14. The molecular formula is C44H54FN13O6S2. The van der Waals surface area contributed by atoms with E-state index >= 15 is 4.39 Å². The van der Waals surface area contributed by atoms with Gasteiger partial charge in [-0.25, -0.2) is 19.3 Å². The summed E-state index contributed by atoms with van der Waals surface area (Å²) < 4.78 is 32.0. The number of amides is 4. The van der Waals surface area contributed by atoms with Gasteiger partial charge >= 0.3 is 0 Å². The van der Waals surface area contributed by atoms with Crippen LogP contribution < -0.4 is 32.6 Å². The highest BCUT2D eigenvalue weighted by atomic mass is 32.2. The van der Waals surface area contributed by atoms with Gasteiger partial charge in [0.25, 0.3) is 11.8 Å². The molecule has 4 amide bonds. The molecule has 0 bridgehead atoms. The van der Waals surface area contributed by atoms with E-state index in [-0.39, 0.29) is 54.0 Å². The number of aryl methyl sites for hydroxylation is 4. The van der Waals surface area contributed by atoms with E-state index in [0.29, 0.717) is 94.7 Å². The van der Waals surface area contributed by atoms with Crippen molar-refractivity contribution in [1.82, 2.24) is 38.8 Å². The smallest absolute Gasteiger partial charge is 0.279 e. The maximum Gasteiger partial charge on any atom is 0.279 e. The topological polar surface area (TPSA) is 258 Å². The number of carbonyl (C=O) groups is 4. The highest BCUT2D eigenvalue weighted by Gasteiger charge is 2.26. The number of imidazole rings is 2. The summed E-state index contributed by atoms with van der Waals surface area (Å²) in [5.74, 6) is -1.97. The summed E-state index contributed by atoms with van der Waals surface area (Å²) in [6, 6.07) is 6.37. The van der Waals surface area contributed by atoms with E-state index < -0.39 is 29.4 Å². The van der Waals surface area contributed by atoms with Crippen molar-refractivity contribution in [2.75, 3.05) is 62.4 Å². The van der Waals surface area contributed by atoms with Crippen LogP contribution in [0.3, 0.4) is 0 Å². The Morgan fingerprint density at radius 2 is 1.53 bits per heavy atom. The van der Waals surface area contributed by atoms with Crippen molar-refractivity contribution in [3.05, 3.63) is 80.3 Å². The normalized spacial score (nSPS) is 13.3. The number of thioether (sulfide) groups is 1. The lowest BCUT2D eigenvalue weighted by molar-refractivity contribution is 0.0358. The zero-order chi connectivity index (χ0) is 47.1. The van der Waals surface area contributed by atoms with E-state index in [0.717, 1.165) is 24.6 Å². The fraction of sp³-hybridized carbons (Fsp3) is 0.409. The van der Waals surface area contributed by atoms with Gasteiger partial charge in [0.1, 0.15) is 16.1 Å². The molecule has 0 atom stereocenters. The number of hydrogen-bond donors (Lipinski definition) is 5. The van der Waals surface area contributed by atoms with Gasteiger partial charge in [0.2, 0.25) is 23.7 Å². The number of primary amides is 2. The molecule has 6 aromatic rings. The number of thiazole rings is 1. The van der Waals surface area contributed by atoms with E-state index in [1.54, 1.807) is 40.3 Å². The molecule has 1 aliphatic rings. The average molecular weight is 944 g/mol. The Labute approximate surface area is 388 Å². The molecule has 2 aromatic carbocycles. The van der Waals surface area contributed by atoms with Gasteiger partial charge in [-0.2, -0.15) is 5.10 Å². The SMILES string of the molecule is CCc1nc(C)sc1C(=O)Nc1nc2cc(C(N)=O)cc(OCCCN3CCOCC3)c2n1C/C=C/Cn1c(NC(=O)c2c(F)c(C)nn2CC)nc2cc(C(N)=O)cc(SCCCN)c21. The number of nitrogens with zero attached hydrogens (tertiary/aromatic N) is 8. The number of benzene rings is 2. The Morgan fingerprint density at radius 3 is 2.17 bits per heavy atom. The molecule has 0 radical (unpaired) electrons. The minimum absolute atomic E-state index is 0.0751. The number of aromatic nitrogens is 7. The van der Waals surface area contributed by atoms with Gasteiger partial charge in [-0.05, 0) is 76.6 Å². The predicted molar refractivity (Wildman–Crippen MR) is 252 cm³/mol. The molecule has 350 valence electrons. The number of carbonyl (C=O) groups excluding carboxylic acids is 4. The number of anilines is 2. The van der Waals surface area contributed by atoms with Crippen molar-refractivity contribution in [1.29, 1.82) is 0 Å². The second kappa shape index (κ2) is 21.4. The molecule has 4 aromatic heterocycles. The van der Waals surface area contributed by atoms with Crippen molar-refractivity contribution < 1.29 is 33.0 Å². The lowest BCUT2D eigenvalue weighted by Crippen LogP contribution is -2.37. The first-order valence-corrected chi connectivity index (χ1v) is 23.5. The monoisotopic (exact) mass is 943 g/mol. The second-order valence-corrected chi connectivity index (χ2v) is 17.8. The lowest BCUT2D eigenvalue weighted by atomic mass is 10.1. The molecule has 5 heterocycles. The van der Waals surface area contributed by atoms with Crippen molar-refractivity contribution in [3.63, 3.8) is 0 Å². The first kappa shape index (κ1) is 47.8. The molecule has 0 spiro atoms. The molecule has 66 heavy (non-hydrogen) atoms. The Hall–Kier alpha value is -6.20. The summed E-state index contributed by atoms with van der Waals surface area (Å²) >= 11 is 2.74. The third-order valence-electron chi connectivity index (χ3n) is 10.9. The van der Waals surface area contributed by atoms with E-state index in [4.69, 9.17) is 36.6 Å². The minimum atomic E-state index is -0.761. The average Bonchev–Trinajstić information content (AvgIpc) is 4.04. The van der Waals surface area contributed by atoms with Crippen LogP contribution in [0.25, 0.3) is 22.1 Å². The van der Waals surface area contributed by atoms with Crippen molar-refractivity contribution in [2.45, 2.75) is 71.5 Å². The molecule has 7 rings (SSSR count). The number of ether oxygens (including phenoxy) is 2. The fourth-order valence-electron chi connectivity index (χ4n) is 7.64. The number of morpholine rings is 1. The van der Waals surface area contributed by atoms with Crippen LogP contribution in [0.15, 0.2) is 41.3 Å². The van der Waals surface area contributed by atoms with Crippen LogP contribution in [0.5, 0.6) is 5.75 Å². The van der Waals surface area contributed by atoms with E-state index in [1.807, 2.05) is 26.0 Å². The largest absolute Gasteiger partial charge is 0.491 e. The van der Waals surface area contributed by atoms with Gasteiger partial charge in [-0.3, -0.25) is 39.4 Å². The summed E-state index contributed by atoms with van der Waals surface area (Å²) in [4.78, 5) is 70.3. The summed E-state index contributed by atoms with van der Waals surface area (Å²) in [5, 5.41) is 10.7. The molecule has 8 N–H and O–H groups in total. The number of nitrogens with two attached hydrogens (primary N) is 3. The van der Waals surface area contributed by atoms with Crippen LogP contribution in [0.4, 0.5) is 16.3 Å². The predicted octanol–water partition coefficient (Wildman–Crippen LogP) is 4.88. The standard InChI is InChI=1S/C44H54FN13O6S2/c1-5-29-38(66-26(4)49-29)42(62)53-44-50-30-21-27(39(47)59)23-32(64-17-10-12-55-15-18-63-19-16-55)35(30)56(44)13-7-8-14-57-36-31(22-28(40(48)60)24-33(36)65-20-9-11-46)51-43(57)52-41(61)37-34(45)25(3)54-58(37)6-2/h7-8,21-24H,5-6,9-20,46H2,1-4H3,(H2,47,59)(H2,48,60)(H,50,53,62)(H,51,52,61)/b8-7+. The Morgan fingerprint density at radius 1 is 0.894 bits per heavy atom. The van der Waals surface area contributed by atoms with Crippen LogP contribution in [0, 0.1) is 19.7 Å². The number of rotatable bonds is 21. The Kier molecular flexibility index (Phi) is 15.5. The highest BCUT2D eigenvalue weighted by Crippen LogP contribution is 2.34. The van der Waals surface area contributed by atoms with E-state index in [9.17, 15) is 19.2 Å². The molecule has 22 heteroatoms. The fourth-order valence-corrected chi connectivity index (χ4v) is 9.64. The Balaban J connectivity index is 1.28. The zero-order valence-corrected chi connectivity index (χ0v) is 39.0. The number of halogens is 1. The van der Waals surface area contributed by atoms with Gasteiger partial charge in [0, 0.05) is 55.3 Å². The van der Waals surface area contributed by atoms with Gasteiger partial charge in [-0.1, -0.05) is 19.1 Å². The van der Waals surface area contributed by atoms with Gasteiger partial charge < -0.3 is 35.8 Å². The number of fused-ring (bicyclic) bond motifs is 2. The second-order valence-electron chi connectivity index (χ2n) is 15.5. The molecular weight excluding hydrogens is 890 g/mol. The highest BCUT2D eigenvalue weighted by molar-refractivity contribution is 7.99. The molecule has 19 nitrogen and oxygen atoms in total. The minimum Gasteiger partial charge on any atom is -0.491 e. The van der Waals surface area contributed by atoms with E-state index in [1.165, 1.54) is 34.7 Å². The van der Waals surface area contributed by atoms with Gasteiger partial charge in [0.05, 0.1) is 52.8 Å². The quantitative estimate of drug-likeness (QED) is 0.0367. The summed E-state index contributed by atoms with van der Waals surface area (Å²) in [7, 11) is 0. The Bertz CT molecular complexity index is 2810. The van der Waals surface area contributed by atoms with Crippen LogP contribution in [-0.2, 0) is 30.8 Å². The lowest BCUT2D eigenvalue weighted by Gasteiger charge is -2.26. The third kappa shape index (κ3) is 10.6. The van der Waals surface area contributed by atoms with Crippen molar-refractivity contribution in [3.8, 4) is 5.75 Å². The first-order valence-electron chi connectivity index (χ1n) is 21.7. The molecule has 0 saturated carbocycles. The molecule has 0 unspecified atom stereocenters. The van der Waals surface area contributed by atoms with Gasteiger partial charge in [-0.15, -0.1) is 23.1 Å². The number of allylic oxidation sites excluding steroid dienone is 2. The molecule has 1 fully saturated rings. The summed E-state index contributed by atoms with van der Waals surface area (Å²) in [6.07, 6.45) is 5.62. The molecule has 1 aliphatic heterocycles. The number of nitrogens with one attached hydrogen (secondary N) is 2. The molecule has 0 aliphatic carbocycles. The summed E-state index contributed by atoms with van der Waals surface area (Å²) in [6.45, 7) is 12.1. The van der Waals surface area contributed by atoms with Crippen molar-refractivity contribution >= 4 is 80.7 Å². The van der Waals surface area contributed by atoms with Crippen LogP contribution in [-0.4, -0.2) is 114 Å². The maximum absolute atomic E-state index is 15.3. The third-order valence-corrected chi connectivity index (χ3v) is 13.0.